The molecule has 3 N–H and O–H groups in total. The summed E-state index contributed by atoms with van der Waals surface area (Å²) in [6.45, 7) is 2.47. The van der Waals surface area contributed by atoms with E-state index in [4.69, 9.17) is 15.6 Å². The van der Waals surface area contributed by atoms with Gasteiger partial charge in [-0.2, -0.15) is 0 Å². The molecular weight excluding hydrogens is 202 g/mol. The zero-order chi connectivity index (χ0) is 11.8. The average Bonchev–Trinajstić information content (AvgIpc) is 2.30. The summed E-state index contributed by atoms with van der Waals surface area (Å²) < 4.78 is 5.50. The summed E-state index contributed by atoms with van der Waals surface area (Å²) in [5.74, 6) is 0. The van der Waals surface area contributed by atoms with Crippen LogP contribution in [0.15, 0.2) is 30.3 Å². The molecule has 0 saturated carbocycles. The van der Waals surface area contributed by atoms with Crippen LogP contribution in [0, 0.1) is 0 Å². The van der Waals surface area contributed by atoms with E-state index >= 15 is 0 Å². The largest absolute Gasteiger partial charge is 0.394 e. The van der Waals surface area contributed by atoms with Crippen LogP contribution in [0.4, 0.5) is 0 Å². The first-order valence-electron chi connectivity index (χ1n) is 5.76. The SMILES string of the molecule is CC(N)C(CO)OCCCc1ccccc1. The van der Waals surface area contributed by atoms with Gasteiger partial charge in [0.2, 0.25) is 0 Å². The summed E-state index contributed by atoms with van der Waals surface area (Å²) in [7, 11) is 0. The van der Waals surface area contributed by atoms with E-state index in [1.807, 2.05) is 25.1 Å². The first-order valence-corrected chi connectivity index (χ1v) is 5.76. The molecule has 16 heavy (non-hydrogen) atoms. The van der Waals surface area contributed by atoms with Crippen molar-refractivity contribution in [2.45, 2.75) is 31.9 Å². The predicted octanol–water partition coefficient (Wildman–Crippen LogP) is 1.34. The fourth-order valence-corrected chi connectivity index (χ4v) is 1.53. The maximum absolute atomic E-state index is 9.01. The second-order valence-electron chi connectivity index (χ2n) is 4.04. The molecule has 0 saturated heterocycles. The van der Waals surface area contributed by atoms with Gasteiger partial charge in [0.15, 0.2) is 0 Å². The Morgan fingerprint density at radius 1 is 1.31 bits per heavy atom. The van der Waals surface area contributed by atoms with Crippen molar-refractivity contribution in [1.29, 1.82) is 0 Å². The molecule has 0 amide bonds. The van der Waals surface area contributed by atoms with Crippen LogP contribution >= 0.6 is 0 Å². The summed E-state index contributed by atoms with van der Waals surface area (Å²) in [4.78, 5) is 0. The molecule has 0 radical (unpaired) electrons. The number of aliphatic hydroxyl groups is 1. The van der Waals surface area contributed by atoms with Gasteiger partial charge >= 0.3 is 0 Å². The van der Waals surface area contributed by atoms with Crippen LogP contribution in [0.5, 0.6) is 0 Å². The van der Waals surface area contributed by atoms with E-state index in [-0.39, 0.29) is 18.8 Å². The Hall–Kier alpha value is -0.900. The van der Waals surface area contributed by atoms with Crippen LogP contribution in [0.3, 0.4) is 0 Å². The molecule has 90 valence electrons. The lowest BCUT2D eigenvalue weighted by Crippen LogP contribution is -2.37. The zero-order valence-corrected chi connectivity index (χ0v) is 9.80. The third-order valence-electron chi connectivity index (χ3n) is 2.55. The second kappa shape index (κ2) is 7.39. The number of ether oxygens (including phenoxy) is 1. The van der Waals surface area contributed by atoms with Crippen molar-refractivity contribution in [3.8, 4) is 0 Å². The highest BCUT2D eigenvalue weighted by atomic mass is 16.5. The summed E-state index contributed by atoms with van der Waals surface area (Å²) in [5.41, 5.74) is 6.97. The van der Waals surface area contributed by atoms with Gasteiger partial charge in [-0.1, -0.05) is 30.3 Å². The fraction of sp³-hybridized carbons (Fsp3) is 0.538. The van der Waals surface area contributed by atoms with Gasteiger partial charge in [0.1, 0.15) is 0 Å². The smallest absolute Gasteiger partial charge is 0.0953 e. The van der Waals surface area contributed by atoms with Crippen LogP contribution in [0.25, 0.3) is 0 Å². The van der Waals surface area contributed by atoms with Crippen molar-refractivity contribution < 1.29 is 9.84 Å². The molecule has 0 aliphatic rings. The third kappa shape index (κ3) is 4.75. The number of nitrogens with two attached hydrogens (primary N) is 1. The quantitative estimate of drug-likeness (QED) is 0.686. The topological polar surface area (TPSA) is 55.5 Å². The minimum Gasteiger partial charge on any atom is -0.394 e. The number of hydrogen-bond acceptors (Lipinski definition) is 3. The molecule has 0 aromatic heterocycles. The van der Waals surface area contributed by atoms with E-state index in [9.17, 15) is 0 Å². The molecule has 0 heterocycles. The lowest BCUT2D eigenvalue weighted by molar-refractivity contribution is 0.000236. The van der Waals surface area contributed by atoms with Crippen LogP contribution in [0.1, 0.15) is 18.9 Å². The number of benzene rings is 1. The van der Waals surface area contributed by atoms with Crippen molar-refractivity contribution in [3.05, 3.63) is 35.9 Å². The van der Waals surface area contributed by atoms with Crippen molar-refractivity contribution in [1.82, 2.24) is 0 Å². The molecule has 0 spiro atoms. The van der Waals surface area contributed by atoms with Gasteiger partial charge in [-0.05, 0) is 25.3 Å². The summed E-state index contributed by atoms with van der Waals surface area (Å²) in [6.07, 6.45) is 1.71. The van der Waals surface area contributed by atoms with Gasteiger partial charge in [0.25, 0.3) is 0 Å². The first-order chi connectivity index (χ1) is 7.74. The van der Waals surface area contributed by atoms with E-state index in [1.165, 1.54) is 5.56 Å². The molecule has 0 aliphatic carbocycles. The molecule has 2 unspecified atom stereocenters. The van der Waals surface area contributed by atoms with E-state index in [0.29, 0.717) is 6.61 Å². The van der Waals surface area contributed by atoms with Gasteiger partial charge in [-0.15, -0.1) is 0 Å². The normalized spacial score (nSPS) is 14.7. The Morgan fingerprint density at radius 3 is 2.56 bits per heavy atom. The van der Waals surface area contributed by atoms with Crippen LogP contribution in [-0.2, 0) is 11.2 Å². The molecule has 3 heteroatoms. The Balaban J connectivity index is 2.16. The van der Waals surface area contributed by atoms with Crippen molar-refractivity contribution >= 4 is 0 Å². The summed E-state index contributed by atoms with van der Waals surface area (Å²) >= 11 is 0. The minimum atomic E-state index is -0.240. The van der Waals surface area contributed by atoms with Gasteiger partial charge in [-0.25, -0.2) is 0 Å². The molecule has 0 fully saturated rings. The molecule has 1 aromatic rings. The highest BCUT2D eigenvalue weighted by molar-refractivity contribution is 5.14. The number of aliphatic hydroxyl groups excluding tert-OH is 1. The number of hydrogen-bond donors (Lipinski definition) is 2. The predicted molar refractivity (Wildman–Crippen MR) is 65.2 cm³/mol. The first kappa shape index (κ1) is 13.2. The van der Waals surface area contributed by atoms with Gasteiger partial charge in [0.05, 0.1) is 12.7 Å². The standard InChI is InChI=1S/C13H21NO2/c1-11(14)13(10-15)16-9-5-8-12-6-3-2-4-7-12/h2-4,6-7,11,13,15H,5,8-10,14H2,1H3. The minimum absolute atomic E-state index is 0.0109. The third-order valence-corrected chi connectivity index (χ3v) is 2.55. The Labute approximate surface area is 97.2 Å². The Morgan fingerprint density at radius 2 is 2.00 bits per heavy atom. The molecule has 1 rings (SSSR count). The van der Waals surface area contributed by atoms with E-state index in [0.717, 1.165) is 12.8 Å². The van der Waals surface area contributed by atoms with Crippen LogP contribution in [-0.4, -0.2) is 30.5 Å². The van der Waals surface area contributed by atoms with Crippen molar-refractivity contribution in [3.63, 3.8) is 0 Å². The Bertz CT molecular complexity index is 275. The fourth-order valence-electron chi connectivity index (χ4n) is 1.53. The van der Waals surface area contributed by atoms with Crippen molar-refractivity contribution in [2.75, 3.05) is 13.2 Å². The lowest BCUT2D eigenvalue weighted by atomic mass is 10.1. The maximum Gasteiger partial charge on any atom is 0.0953 e. The molecule has 0 aliphatic heterocycles. The number of rotatable bonds is 7. The monoisotopic (exact) mass is 223 g/mol. The van der Waals surface area contributed by atoms with E-state index in [1.54, 1.807) is 0 Å². The maximum atomic E-state index is 9.01. The molecule has 1 aromatic carbocycles. The summed E-state index contributed by atoms with van der Waals surface area (Å²) in [6, 6.07) is 10.2. The molecular formula is C13H21NO2. The average molecular weight is 223 g/mol. The molecule has 2 atom stereocenters. The van der Waals surface area contributed by atoms with Gasteiger partial charge in [-0.3, -0.25) is 0 Å². The number of aryl methyl sites for hydroxylation is 1. The lowest BCUT2D eigenvalue weighted by Gasteiger charge is -2.18. The van der Waals surface area contributed by atoms with Gasteiger partial charge in [0, 0.05) is 12.6 Å². The second-order valence-corrected chi connectivity index (χ2v) is 4.04. The highest BCUT2D eigenvalue weighted by Gasteiger charge is 2.11. The molecule has 3 nitrogen and oxygen atoms in total. The Kier molecular flexibility index (Phi) is 6.08. The zero-order valence-electron chi connectivity index (χ0n) is 9.80. The van der Waals surface area contributed by atoms with Crippen molar-refractivity contribution in [2.24, 2.45) is 5.73 Å². The van der Waals surface area contributed by atoms with Crippen LogP contribution < -0.4 is 5.73 Å². The van der Waals surface area contributed by atoms with E-state index < -0.39 is 0 Å². The van der Waals surface area contributed by atoms with E-state index in [2.05, 4.69) is 12.1 Å². The van der Waals surface area contributed by atoms with Gasteiger partial charge < -0.3 is 15.6 Å². The van der Waals surface area contributed by atoms with Crippen LogP contribution in [0.2, 0.25) is 0 Å². The summed E-state index contributed by atoms with van der Waals surface area (Å²) in [5, 5.41) is 9.01. The molecule has 0 bridgehead atoms. The highest BCUT2D eigenvalue weighted by Crippen LogP contribution is 2.04.